The largest absolute Gasteiger partial charge is 0.265 e. The quantitative estimate of drug-likeness (QED) is 0.117. The molecule has 0 fully saturated rings. The van der Waals surface area contributed by atoms with Crippen LogP contribution in [-0.2, 0) is 0 Å². The lowest BCUT2D eigenvalue weighted by Crippen LogP contribution is -2.00. The Bertz CT molecular complexity index is 2260. The number of aromatic nitrogens is 4. The summed E-state index contributed by atoms with van der Waals surface area (Å²) in [6.45, 7) is 5.89. The highest BCUT2D eigenvalue weighted by atomic mass is 15.0. The Morgan fingerprint density at radius 3 is 1.57 bits per heavy atom. The van der Waals surface area contributed by atoms with Gasteiger partial charge in [-0.3, -0.25) is 9.98 Å². The monoisotopic (exact) mass is 631 g/mol. The Hall–Kier alpha value is -6.59. The molecule has 2 heterocycles. The van der Waals surface area contributed by atoms with Gasteiger partial charge < -0.3 is 0 Å². The molecule has 0 aliphatic heterocycles. The average Bonchev–Trinajstić information content (AvgIpc) is 3.19. The smallest absolute Gasteiger partial charge is 0.164 e. The van der Waals surface area contributed by atoms with E-state index >= 15 is 0 Å². The second-order valence-corrected chi connectivity index (χ2v) is 11.6. The van der Waals surface area contributed by atoms with Crippen LogP contribution < -0.4 is 0 Å². The number of pyridine rings is 1. The number of benzene rings is 5. The van der Waals surface area contributed by atoms with Crippen molar-refractivity contribution < 1.29 is 0 Å². The van der Waals surface area contributed by atoms with E-state index < -0.39 is 0 Å². The zero-order valence-electron chi connectivity index (χ0n) is 27.1. The molecule has 2 aromatic heterocycles. The summed E-state index contributed by atoms with van der Waals surface area (Å²) in [7, 11) is 0. The SMILES string of the molecule is C=N/C(=C\C=C(/C)c1ccncc1)c1ccc(-c2cccc(-c3nc(-c4ccccc4)nc(-c4ccc(-c5ccccc5)cc4)n3)c2)cc1. The summed E-state index contributed by atoms with van der Waals surface area (Å²) in [5, 5.41) is 0. The van der Waals surface area contributed by atoms with Crippen LogP contribution in [0.2, 0.25) is 0 Å². The lowest BCUT2D eigenvalue weighted by Gasteiger charge is -2.10. The highest BCUT2D eigenvalue weighted by Crippen LogP contribution is 2.30. The Kier molecular flexibility index (Phi) is 9.15. The van der Waals surface area contributed by atoms with Gasteiger partial charge in [0.1, 0.15) is 0 Å². The highest BCUT2D eigenvalue weighted by Gasteiger charge is 2.13. The van der Waals surface area contributed by atoms with Crippen molar-refractivity contribution >= 4 is 18.0 Å². The first kappa shape index (κ1) is 31.0. The van der Waals surface area contributed by atoms with E-state index in [0.29, 0.717) is 17.5 Å². The zero-order chi connectivity index (χ0) is 33.4. The molecule has 0 aliphatic rings. The number of hydrogen-bond acceptors (Lipinski definition) is 5. The Morgan fingerprint density at radius 1 is 0.469 bits per heavy atom. The summed E-state index contributed by atoms with van der Waals surface area (Å²) >= 11 is 0. The van der Waals surface area contributed by atoms with E-state index in [4.69, 9.17) is 15.0 Å². The third-order valence-corrected chi connectivity index (χ3v) is 8.35. The van der Waals surface area contributed by atoms with Gasteiger partial charge in [-0.1, -0.05) is 133 Å². The van der Waals surface area contributed by atoms with Crippen LogP contribution in [0.5, 0.6) is 0 Å². The van der Waals surface area contributed by atoms with Gasteiger partial charge in [0.2, 0.25) is 0 Å². The van der Waals surface area contributed by atoms with E-state index in [2.05, 4.69) is 102 Å². The summed E-state index contributed by atoms with van der Waals surface area (Å²) in [6, 6.07) is 49.4. The van der Waals surface area contributed by atoms with Gasteiger partial charge in [0, 0.05) is 34.6 Å². The first-order valence-corrected chi connectivity index (χ1v) is 16.1. The van der Waals surface area contributed by atoms with Crippen LogP contribution in [0, 0.1) is 0 Å². The van der Waals surface area contributed by atoms with Gasteiger partial charge >= 0.3 is 0 Å². The maximum absolute atomic E-state index is 4.98. The molecule has 0 spiro atoms. The molecule has 0 aliphatic carbocycles. The number of rotatable bonds is 9. The normalized spacial score (nSPS) is 11.7. The van der Waals surface area contributed by atoms with E-state index in [0.717, 1.165) is 55.8 Å². The van der Waals surface area contributed by atoms with Crippen molar-refractivity contribution in [3.63, 3.8) is 0 Å². The molecule has 5 nitrogen and oxygen atoms in total. The second kappa shape index (κ2) is 14.4. The van der Waals surface area contributed by atoms with Gasteiger partial charge in [-0.15, -0.1) is 0 Å². The minimum atomic E-state index is 0.617. The molecular formula is C44H33N5. The van der Waals surface area contributed by atoms with Crippen LogP contribution in [0.25, 0.3) is 67.7 Å². The fourth-order valence-electron chi connectivity index (χ4n) is 5.62. The maximum Gasteiger partial charge on any atom is 0.164 e. The number of allylic oxidation sites excluding steroid dienone is 3. The van der Waals surface area contributed by atoms with Crippen molar-refractivity contribution in [2.75, 3.05) is 0 Å². The minimum absolute atomic E-state index is 0.617. The number of aliphatic imine (C=N–C) groups is 1. The fourth-order valence-corrected chi connectivity index (χ4v) is 5.62. The summed E-state index contributed by atoms with van der Waals surface area (Å²) in [5.74, 6) is 1.88. The summed E-state index contributed by atoms with van der Waals surface area (Å²) in [5.41, 5.74) is 11.3. The number of nitrogens with zero attached hydrogens (tertiary/aromatic N) is 5. The lowest BCUT2D eigenvalue weighted by atomic mass is 10.00. The molecule has 7 rings (SSSR count). The fraction of sp³-hybridized carbons (Fsp3) is 0.0227. The van der Waals surface area contributed by atoms with Crippen LogP contribution in [-0.4, -0.2) is 26.7 Å². The van der Waals surface area contributed by atoms with Gasteiger partial charge in [0.25, 0.3) is 0 Å². The molecule has 0 bridgehead atoms. The third kappa shape index (κ3) is 7.22. The van der Waals surface area contributed by atoms with Crippen LogP contribution in [0.4, 0.5) is 0 Å². The first-order valence-electron chi connectivity index (χ1n) is 16.1. The topological polar surface area (TPSA) is 63.9 Å². The van der Waals surface area contributed by atoms with Crippen LogP contribution in [0.3, 0.4) is 0 Å². The molecule has 7 aromatic rings. The van der Waals surface area contributed by atoms with E-state index in [1.165, 1.54) is 5.56 Å². The van der Waals surface area contributed by atoms with Crippen LogP contribution in [0.1, 0.15) is 18.1 Å². The molecule has 0 atom stereocenters. The second-order valence-electron chi connectivity index (χ2n) is 11.6. The van der Waals surface area contributed by atoms with Gasteiger partial charge in [0.05, 0.1) is 5.70 Å². The van der Waals surface area contributed by atoms with Crippen molar-refractivity contribution in [1.82, 2.24) is 19.9 Å². The molecule has 0 amide bonds. The highest BCUT2D eigenvalue weighted by molar-refractivity contribution is 5.77. The van der Waals surface area contributed by atoms with E-state index in [9.17, 15) is 0 Å². The van der Waals surface area contributed by atoms with Gasteiger partial charge in [0.15, 0.2) is 17.5 Å². The predicted molar refractivity (Wildman–Crippen MR) is 202 cm³/mol. The van der Waals surface area contributed by atoms with E-state index in [1.54, 1.807) is 12.4 Å². The van der Waals surface area contributed by atoms with Crippen molar-refractivity contribution in [2.45, 2.75) is 6.92 Å². The maximum atomic E-state index is 4.98. The molecule has 49 heavy (non-hydrogen) atoms. The molecule has 0 unspecified atom stereocenters. The lowest BCUT2D eigenvalue weighted by molar-refractivity contribution is 1.07. The molecule has 0 saturated carbocycles. The number of hydrogen-bond donors (Lipinski definition) is 0. The zero-order valence-corrected chi connectivity index (χ0v) is 27.1. The van der Waals surface area contributed by atoms with Gasteiger partial charge in [-0.2, -0.15) is 0 Å². The molecule has 234 valence electrons. The summed E-state index contributed by atoms with van der Waals surface area (Å²) in [6.07, 6.45) is 7.64. The van der Waals surface area contributed by atoms with Crippen molar-refractivity contribution in [2.24, 2.45) is 4.99 Å². The molecule has 5 aromatic carbocycles. The van der Waals surface area contributed by atoms with E-state index in [-0.39, 0.29) is 0 Å². The van der Waals surface area contributed by atoms with Crippen LogP contribution >= 0.6 is 0 Å². The average molecular weight is 632 g/mol. The summed E-state index contributed by atoms with van der Waals surface area (Å²) in [4.78, 5) is 23.2. The molecule has 0 radical (unpaired) electrons. The third-order valence-electron chi connectivity index (χ3n) is 8.35. The van der Waals surface area contributed by atoms with Crippen molar-refractivity contribution in [3.8, 4) is 56.4 Å². The Morgan fingerprint density at radius 2 is 0.939 bits per heavy atom. The van der Waals surface area contributed by atoms with Crippen molar-refractivity contribution in [3.05, 3.63) is 181 Å². The standard InChI is InChI=1S/C44H33N5/c1-31(32-26-28-46-29-27-32)16-25-41(45-2)36-21-17-35(18-22-36)39-14-9-15-40(30-39)44-48-42(37-12-7-4-8-13-37)47-43(49-44)38-23-19-34(20-24-38)33-10-5-3-6-11-33/h3-30H,2H2,1H3/b31-16+,41-25-. The van der Waals surface area contributed by atoms with Gasteiger partial charge in [-0.25, -0.2) is 15.0 Å². The molecular weight excluding hydrogens is 599 g/mol. The first-order chi connectivity index (χ1) is 24.1. The predicted octanol–water partition coefficient (Wildman–Crippen LogP) is 10.7. The Balaban J connectivity index is 1.20. The summed E-state index contributed by atoms with van der Waals surface area (Å²) < 4.78 is 0. The molecule has 0 N–H and O–H groups in total. The Labute approximate surface area is 286 Å². The molecule has 0 saturated heterocycles. The van der Waals surface area contributed by atoms with Crippen molar-refractivity contribution in [1.29, 1.82) is 0 Å². The molecule has 5 heteroatoms. The van der Waals surface area contributed by atoms with Crippen LogP contribution in [0.15, 0.2) is 175 Å². The van der Waals surface area contributed by atoms with E-state index in [1.807, 2.05) is 78.9 Å². The minimum Gasteiger partial charge on any atom is -0.265 e. The van der Waals surface area contributed by atoms with Gasteiger partial charge in [-0.05, 0) is 71.3 Å².